The Bertz CT molecular complexity index is 836. The van der Waals surface area contributed by atoms with Crippen LogP contribution in [0.4, 0.5) is 4.39 Å². The van der Waals surface area contributed by atoms with E-state index in [9.17, 15) is 4.39 Å². The highest BCUT2D eigenvalue weighted by Crippen LogP contribution is 2.60. The summed E-state index contributed by atoms with van der Waals surface area (Å²) in [5, 5.41) is 3.77. The van der Waals surface area contributed by atoms with Crippen LogP contribution in [0.5, 0.6) is 11.5 Å². The zero-order valence-electron chi connectivity index (χ0n) is 13.6. The largest absolute Gasteiger partial charge is 0.444 e. The van der Waals surface area contributed by atoms with Crippen LogP contribution in [0.3, 0.4) is 0 Å². The third kappa shape index (κ3) is 2.50. The second kappa shape index (κ2) is 5.76. The normalized spacial score (nSPS) is 31.4. The van der Waals surface area contributed by atoms with E-state index < -0.39 is 11.6 Å². The number of benzene rings is 2. The fourth-order valence-electron chi connectivity index (χ4n) is 4.26. The topological polar surface area (TPSA) is 30.5 Å². The van der Waals surface area contributed by atoms with Gasteiger partial charge in [0, 0.05) is 17.5 Å². The van der Waals surface area contributed by atoms with Crippen LogP contribution in [-0.2, 0) is 5.79 Å². The molecule has 1 saturated carbocycles. The van der Waals surface area contributed by atoms with Gasteiger partial charge in [-0.3, -0.25) is 0 Å². The molecule has 4 atom stereocenters. The van der Waals surface area contributed by atoms with Gasteiger partial charge in [0.2, 0.25) is 0 Å². The molecule has 3 aliphatic rings. The Hall–Kier alpha value is -1.49. The van der Waals surface area contributed by atoms with E-state index >= 15 is 0 Å². The number of hydrogen-bond acceptors (Lipinski definition) is 3. The van der Waals surface area contributed by atoms with Crippen molar-refractivity contribution in [1.29, 1.82) is 0 Å². The van der Waals surface area contributed by atoms with Crippen molar-refractivity contribution in [2.45, 2.75) is 18.6 Å². The van der Waals surface area contributed by atoms with E-state index in [4.69, 9.17) is 21.1 Å². The molecule has 25 heavy (non-hydrogen) atoms. The first-order valence-electron chi connectivity index (χ1n) is 8.24. The quantitative estimate of drug-likeness (QED) is 0.831. The third-order valence-corrected chi connectivity index (χ3v) is 5.72. The van der Waals surface area contributed by atoms with E-state index in [0.717, 1.165) is 18.8 Å². The Labute approximate surface area is 156 Å². The molecule has 6 heteroatoms. The molecule has 2 aromatic carbocycles. The van der Waals surface area contributed by atoms with Gasteiger partial charge in [0.05, 0.1) is 5.56 Å². The van der Waals surface area contributed by atoms with Crippen molar-refractivity contribution in [3.63, 3.8) is 0 Å². The smallest absolute Gasteiger partial charge is 0.278 e. The van der Waals surface area contributed by atoms with Crippen molar-refractivity contribution in [1.82, 2.24) is 5.32 Å². The molecule has 2 aromatic rings. The van der Waals surface area contributed by atoms with E-state index in [1.54, 1.807) is 19.1 Å². The summed E-state index contributed by atoms with van der Waals surface area (Å²) in [4.78, 5) is 0. The summed E-state index contributed by atoms with van der Waals surface area (Å²) >= 11 is 5.86. The number of hydrogen-bond donors (Lipinski definition) is 1. The van der Waals surface area contributed by atoms with Crippen molar-refractivity contribution in [2.24, 2.45) is 11.8 Å². The predicted octanol–water partition coefficient (Wildman–Crippen LogP) is 4.48. The van der Waals surface area contributed by atoms with Gasteiger partial charge >= 0.3 is 0 Å². The van der Waals surface area contributed by atoms with Gasteiger partial charge in [-0.25, -0.2) is 4.39 Å². The lowest BCUT2D eigenvalue weighted by atomic mass is 10.1. The van der Waals surface area contributed by atoms with Crippen molar-refractivity contribution in [3.05, 3.63) is 58.4 Å². The second-order valence-electron chi connectivity index (χ2n) is 6.96. The lowest BCUT2D eigenvalue weighted by Gasteiger charge is -2.24. The summed E-state index contributed by atoms with van der Waals surface area (Å²) in [6.45, 7) is 3.87. The molecule has 0 aromatic heterocycles. The van der Waals surface area contributed by atoms with Gasteiger partial charge in [0.25, 0.3) is 5.79 Å². The lowest BCUT2D eigenvalue weighted by Crippen LogP contribution is -2.32. The molecule has 0 radical (unpaired) electrons. The lowest BCUT2D eigenvalue weighted by molar-refractivity contribution is -0.0710. The molecule has 0 amide bonds. The van der Waals surface area contributed by atoms with Crippen LogP contribution in [0.2, 0.25) is 5.02 Å². The van der Waals surface area contributed by atoms with E-state index in [0.29, 0.717) is 34.1 Å². The third-order valence-electron chi connectivity index (χ3n) is 5.48. The molecule has 2 heterocycles. The fraction of sp³-hybridized carbons (Fsp3) is 0.368. The Kier molecular flexibility index (Phi) is 3.91. The van der Waals surface area contributed by atoms with Crippen LogP contribution in [-0.4, -0.2) is 13.1 Å². The zero-order valence-corrected chi connectivity index (χ0v) is 15.2. The maximum atomic E-state index is 14.4. The van der Waals surface area contributed by atoms with Crippen molar-refractivity contribution < 1.29 is 13.9 Å². The number of rotatable bonds is 2. The van der Waals surface area contributed by atoms with E-state index in [1.165, 1.54) is 11.6 Å². The highest BCUT2D eigenvalue weighted by atomic mass is 35.5. The van der Waals surface area contributed by atoms with Gasteiger partial charge in [-0.2, -0.15) is 0 Å². The molecule has 3 nitrogen and oxygen atoms in total. The maximum Gasteiger partial charge on any atom is 0.278 e. The number of halogens is 3. The molecule has 0 spiro atoms. The Morgan fingerprint density at radius 1 is 1.16 bits per heavy atom. The molecular weight excluding hydrogens is 364 g/mol. The number of ether oxygens (including phenoxy) is 2. The predicted molar refractivity (Wildman–Crippen MR) is 96.3 cm³/mol. The first-order valence-corrected chi connectivity index (χ1v) is 8.62. The average molecular weight is 382 g/mol. The fourth-order valence-corrected chi connectivity index (χ4v) is 4.42. The minimum absolute atomic E-state index is 0. The van der Waals surface area contributed by atoms with Gasteiger partial charge in [-0.15, -0.1) is 12.4 Å². The molecule has 2 fully saturated rings. The highest BCUT2D eigenvalue weighted by molar-refractivity contribution is 6.30. The molecule has 1 unspecified atom stereocenters. The van der Waals surface area contributed by atoms with Crippen LogP contribution >= 0.6 is 24.0 Å². The zero-order chi connectivity index (χ0) is 16.5. The molecule has 1 N–H and O–H groups in total. The van der Waals surface area contributed by atoms with Gasteiger partial charge in [-0.1, -0.05) is 23.7 Å². The van der Waals surface area contributed by atoms with Crippen LogP contribution in [0, 0.1) is 17.7 Å². The SMILES string of the molecule is CC1(c2ccc(Cl)cc2F)Oc2cccc([C@@H]3[C@@H]4CNC[C@@H]43)c2O1.Cl. The van der Waals surface area contributed by atoms with E-state index in [1.807, 2.05) is 12.1 Å². The van der Waals surface area contributed by atoms with Gasteiger partial charge in [-0.05, 0) is 55.1 Å². The van der Waals surface area contributed by atoms with Crippen molar-refractivity contribution in [3.8, 4) is 11.5 Å². The van der Waals surface area contributed by atoms with E-state index in [-0.39, 0.29) is 12.4 Å². The van der Waals surface area contributed by atoms with Crippen LogP contribution in [0.1, 0.15) is 24.0 Å². The highest BCUT2D eigenvalue weighted by Gasteiger charge is 2.55. The van der Waals surface area contributed by atoms with Crippen LogP contribution in [0.15, 0.2) is 36.4 Å². The summed E-state index contributed by atoms with van der Waals surface area (Å²) in [6.07, 6.45) is 0. The van der Waals surface area contributed by atoms with Crippen molar-refractivity contribution in [2.75, 3.05) is 13.1 Å². The van der Waals surface area contributed by atoms with Crippen LogP contribution < -0.4 is 14.8 Å². The van der Waals surface area contributed by atoms with Crippen LogP contribution in [0.25, 0.3) is 0 Å². The molecule has 1 saturated heterocycles. The molecular formula is C19H18Cl2FNO2. The second-order valence-corrected chi connectivity index (χ2v) is 7.40. The summed E-state index contributed by atoms with van der Waals surface area (Å²) in [6, 6.07) is 10.5. The molecule has 0 bridgehead atoms. The summed E-state index contributed by atoms with van der Waals surface area (Å²) < 4.78 is 26.6. The van der Waals surface area contributed by atoms with Gasteiger partial charge in [0.15, 0.2) is 11.5 Å². The number of para-hydroxylation sites is 1. The van der Waals surface area contributed by atoms with Crippen molar-refractivity contribution >= 4 is 24.0 Å². The molecule has 5 rings (SSSR count). The summed E-state index contributed by atoms with van der Waals surface area (Å²) in [5.74, 6) is 1.72. The molecule has 2 aliphatic heterocycles. The molecule has 1 aliphatic carbocycles. The Balaban J connectivity index is 0.00000157. The minimum atomic E-state index is -1.17. The number of fused-ring (bicyclic) bond motifs is 2. The summed E-state index contributed by atoms with van der Waals surface area (Å²) in [7, 11) is 0. The Morgan fingerprint density at radius 3 is 2.64 bits per heavy atom. The summed E-state index contributed by atoms with van der Waals surface area (Å²) in [5.41, 5.74) is 1.54. The number of piperidine rings is 1. The maximum absolute atomic E-state index is 14.4. The molecule has 132 valence electrons. The van der Waals surface area contributed by atoms with Gasteiger partial charge in [0.1, 0.15) is 5.82 Å². The Morgan fingerprint density at radius 2 is 1.92 bits per heavy atom. The number of nitrogens with one attached hydrogen (secondary N) is 1. The first kappa shape index (κ1) is 17.0. The first-order chi connectivity index (χ1) is 11.6. The minimum Gasteiger partial charge on any atom is -0.444 e. The monoisotopic (exact) mass is 381 g/mol. The standard InChI is InChI=1S/C19H17ClFNO2.ClH/c1-19(14-6-5-10(20)7-15(14)21)23-16-4-2-3-11(18(16)24-19)17-12-8-22-9-13(12)17;/h2-7,12-13,17,22H,8-9H2,1H3;1H/t12-,13+,17-,19?;. The average Bonchev–Trinajstić information content (AvgIpc) is 2.89. The van der Waals surface area contributed by atoms with Gasteiger partial charge < -0.3 is 14.8 Å². The van der Waals surface area contributed by atoms with E-state index in [2.05, 4.69) is 11.4 Å².